The lowest BCUT2D eigenvalue weighted by Gasteiger charge is -2.15. The second-order valence-electron chi connectivity index (χ2n) is 4.98. The second kappa shape index (κ2) is 6.38. The molecule has 1 aliphatic rings. The Morgan fingerprint density at radius 3 is 2.50 bits per heavy atom. The summed E-state index contributed by atoms with van der Waals surface area (Å²) in [6.45, 7) is 1.42. The molecule has 0 bridgehead atoms. The van der Waals surface area contributed by atoms with Gasteiger partial charge in [-0.05, 0) is 44.2 Å². The molecule has 20 heavy (non-hydrogen) atoms. The molecular formula is C14H19N3O3. The van der Waals surface area contributed by atoms with Crippen LogP contribution in [0, 0.1) is 0 Å². The summed E-state index contributed by atoms with van der Waals surface area (Å²) in [4.78, 5) is 24.6. The third-order valence-corrected chi connectivity index (χ3v) is 3.31. The number of nitrogens with one attached hydrogen (secondary N) is 2. The van der Waals surface area contributed by atoms with Crippen LogP contribution in [-0.2, 0) is 0 Å². The molecule has 6 heteroatoms. The highest BCUT2D eigenvalue weighted by Crippen LogP contribution is 2.24. The Hall–Kier alpha value is -2.08. The molecule has 1 fully saturated rings. The summed E-state index contributed by atoms with van der Waals surface area (Å²) in [5.74, 6) is -0.982. The van der Waals surface area contributed by atoms with E-state index >= 15 is 0 Å². The number of benzene rings is 1. The molecule has 3 N–H and O–H groups in total. The smallest absolute Gasteiger partial charge is 0.335 e. The largest absolute Gasteiger partial charge is 0.478 e. The van der Waals surface area contributed by atoms with Gasteiger partial charge in [0.05, 0.1) is 5.56 Å². The van der Waals surface area contributed by atoms with Crippen molar-refractivity contribution in [2.45, 2.75) is 18.9 Å². The highest BCUT2D eigenvalue weighted by Gasteiger charge is 2.25. The second-order valence-corrected chi connectivity index (χ2v) is 4.98. The first-order valence-corrected chi connectivity index (χ1v) is 6.64. The quantitative estimate of drug-likeness (QED) is 0.737. The number of likely N-dealkylation sites (N-methyl/N-ethyl adjacent to an activating group) is 1. The van der Waals surface area contributed by atoms with Crippen molar-refractivity contribution >= 4 is 17.7 Å². The number of carboxylic acids is 1. The van der Waals surface area contributed by atoms with Crippen molar-refractivity contribution in [3.8, 4) is 0 Å². The Morgan fingerprint density at radius 2 is 1.95 bits per heavy atom. The van der Waals surface area contributed by atoms with Crippen LogP contribution < -0.4 is 10.6 Å². The standard InChI is InChI=1S/C14H19N3O3/c1-17(12-6-7-12)9-8-15-14(20)16-11-4-2-10(3-5-11)13(18)19/h2-5,12H,6-9H2,1H3,(H,18,19)(H2,15,16,20). The van der Waals surface area contributed by atoms with E-state index < -0.39 is 5.97 Å². The van der Waals surface area contributed by atoms with Crippen molar-refractivity contribution < 1.29 is 14.7 Å². The topological polar surface area (TPSA) is 81.7 Å². The van der Waals surface area contributed by atoms with Gasteiger partial charge in [-0.25, -0.2) is 9.59 Å². The summed E-state index contributed by atoms with van der Waals surface area (Å²) in [7, 11) is 2.06. The fourth-order valence-electron chi connectivity index (χ4n) is 1.92. The molecular weight excluding hydrogens is 258 g/mol. The number of urea groups is 1. The Bertz CT molecular complexity index is 483. The summed E-state index contributed by atoms with van der Waals surface area (Å²) in [6.07, 6.45) is 2.50. The van der Waals surface area contributed by atoms with E-state index in [1.54, 1.807) is 12.1 Å². The first kappa shape index (κ1) is 14.3. The van der Waals surface area contributed by atoms with Gasteiger partial charge in [0.1, 0.15) is 0 Å². The van der Waals surface area contributed by atoms with Crippen LogP contribution >= 0.6 is 0 Å². The minimum Gasteiger partial charge on any atom is -0.478 e. The van der Waals surface area contributed by atoms with E-state index in [4.69, 9.17) is 5.11 Å². The Morgan fingerprint density at radius 1 is 1.30 bits per heavy atom. The molecule has 0 atom stereocenters. The molecule has 0 saturated heterocycles. The van der Waals surface area contributed by atoms with Crippen LogP contribution in [0.15, 0.2) is 24.3 Å². The van der Waals surface area contributed by atoms with Gasteiger partial charge in [-0.2, -0.15) is 0 Å². The van der Waals surface area contributed by atoms with Crippen LogP contribution in [0.2, 0.25) is 0 Å². The molecule has 6 nitrogen and oxygen atoms in total. The molecule has 1 aromatic carbocycles. The van der Waals surface area contributed by atoms with E-state index in [0.717, 1.165) is 6.54 Å². The van der Waals surface area contributed by atoms with E-state index in [1.807, 2.05) is 0 Å². The molecule has 2 rings (SSSR count). The summed E-state index contributed by atoms with van der Waals surface area (Å²) in [6, 6.07) is 6.46. The van der Waals surface area contributed by atoms with Crippen LogP contribution in [0.3, 0.4) is 0 Å². The predicted octanol–water partition coefficient (Wildman–Crippen LogP) is 1.60. The fraction of sp³-hybridized carbons (Fsp3) is 0.429. The average Bonchev–Trinajstić information content (AvgIpc) is 3.23. The monoisotopic (exact) mass is 277 g/mol. The zero-order valence-corrected chi connectivity index (χ0v) is 11.4. The number of carbonyl (C=O) groups excluding carboxylic acids is 1. The molecule has 0 unspecified atom stereocenters. The van der Waals surface area contributed by atoms with Crippen LogP contribution in [0.25, 0.3) is 0 Å². The van der Waals surface area contributed by atoms with Crippen molar-refractivity contribution in [1.29, 1.82) is 0 Å². The lowest BCUT2D eigenvalue weighted by Crippen LogP contribution is -2.36. The fourth-order valence-corrected chi connectivity index (χ4v) is 1.92. The Kier molecular flexibility index (Phi) is 4.57. The van der Waals surface area contributed by atoms with E-state index in [2.05, 4.69) is 22.6 Å². The van der Waals surface area contributed by atoms with Gasteiger partial charge in [0.15, 0.2) is 0 Å². The zero-order chi connectivity index (χ0) is 14.5. The number of hydrogen-bond acceptors (Lipinski definition) is 3. The Labute approximate surface area is 117 Å². The van der Waals surface area contributed by atoms with Crippen molar-refractivity contribution in [2.24, 2.45) is 0 Å². The van der Waals surface area contributed by atoms with Crippen molar-refractivity contribution in [3.63, 3.8) is 0 Å². The molecule has 1 aromatic rings. The summed E-state index contributed by atoms with van der Waals surface area (Å²) < 4.78 is 0. The highest BCUT2D eigenvalue weighted by atomic mass is 16.4. The number of rotatable bonds is 6. The number of carboxylic acid groups (broad SMARTS) is 1. The van der Waals surface area contributed by atoms with Gasteiger partial charge in [0.25, 0.3) is 0 Å². The minimum atomic E-state index is -0.982. The van der Waals surface area contributed by atoms with Gasteiger partial charge < -0.3 is 20.6 Å². The van der Waals surface area contributed by atoms with E-state index in [1.165, 1.54) is 25.0 Å². The summed E-state index contributed by atoms with van der Waals surface area (Å²) in [5.41, 5.74) is 0.769. The maximum atomic E-state index is 11.6. The van der Waals surface area contributed by atoms with Crippen LogP contribution in [0.5, 0.6) is 0 Å². The summed E-state index contributed by atoms with van der Waals surface area (Å²) >= 11 is 0. The van der Waals surface area contributed by atoms with Gasteiger partial charge in [-0.15, -0.1) is 0 Å². The number of hydrogen-bond donors (Lipinski definition) is 3. The molecule has 0 aliphatic heterocycles. The van der Waals surface area contributed by atoms with E-state index in [9.17, 15) is 9.59 Å². The van der Waals surface area contributed by atoms with Gasteiger partial charge in [0, 0.05) is 24.8 Å². The van der Waals surface area contributed by atoms with Crippen LogP contribution in [0.1, 0.15) is 23.2 Å². The van der Waals surface area contributed by atoms with E-state index in [-0.39, 0.29) is 11.6 Å². The Balaban J connectivity index is 1.71. The normalized spacial score (nSPS) is 14.1. The number of amides is 2. The van der Waals surface area contributed by atoms with Gasteiger partial charge in [0.2, 0.25) is 0 Å². The highest BCUT2D eigenvalue weighted by molar-refractivity contribution is 5.91. The molecule has 0 heterocycles. The predicted molar refractivity (Wildman–Crippen MR) is 76.1 cm³/mol. The number of nitrogens with zero attached hydrogens (tertiary/aromatic N) is 1. The SMILES string of the molecule is CN(CCNC(=O)Nc1ccc(C(=O)O)cc1)C1CC1. The van der Waals surface area contributed by atoms with Gasteiger partial charge >= 0.3 is 12.0 Å². The van der Waals surface area contributed by atoms with Crippen molar-refractivity contribution in [3.05, 3.63) is 29.8 Å². The summed E-state index contributed by atoms with van der Waals surface area (Å²) in [5, 5.41) is 14.2. The molecule has 1 saturated carbocycles. The first-order chi connectivity index (χ1) is 9.56. The van der Waals surface area contributed by atoms with Crippen molar-refractivity contribution in [1.82, 2.24) is 10.2 Å². The van der Waals surface area contributed by atoms with Crippen molar-refractivity contribution in [2.75, 3.05) is 25.5 Å². The maximum absolute atomic E-state index is 11.6. The molecule has 1 aliphatic carbocycles. The number of carbonyl (C=O) groups is 2. The van der Waals surface area contributed by atoms with Crippen LogP contribution in [-0.4, -0.2) is 48.2 Å². The first-order valence-electron chi connectivity index (χ1n) is 6.64. The molecule has 0 spiro atoms. The molecule has 0 radical (unpaired) electrons. The average molecular weight is 277 g/mol. The third-order valence-electron chi connectivity index (χ3n) is 3.31. The van der Waals surface area contributed by atoms with Gasteiger partial charge in [-0.3, -0.25) is 0 Å². The lowest BCUT2D eigenvalue weighted by atomic mass is 10.2. The minimum absolute atomic E-state index is 0.196. The number of anilines is 1. The maximum Gasteiger partial charge on any atom is 0.335 e. The molecule has 0 aromatic heterocycles. The molecule has 2 amide bonds. The number of aromatic carboxylic acids is 1. The molecule has 108 valence electrons. The van der Waals surface area contributed by atoms with Gasteiger partial charge in [-0.1, -0.05) is 0 Å². The van der Waals surface area contributed by atoms with Crippen LogP contribution in [0.4, 0.5) is 10.5 Å². The third kappa shape index (κ3) is 4.24. The lowest BCUT2D eigenvalue weighted by molar-refractivity contribution is 0.0697. The zero-order valence-electron chi connectivity index (χ0n) is 11.4. The van der Waals surface area contributed by atoms with E-state index in [0.29, 0.717) is 18.3 Å².